The van der Waals surface area contributed by atoms with E-state index in [9.17, 15) is 18.0 Å². The summed E-state index contributed by atoms with van der Waals surface area (Å²) in [6, 6.07) is 13.9. The van der Waals surface area contributed by atoms with Crippen molar-refractivity contribution in [2.24, 2.45) is 5.73 Å². The number of alkyl halides is 3. The number of nitrogen functional groups attached to an aromatic ring is 1. The summed E-state index contributed by atoms with van der Waals surface area (Å²) < 4.78 is 40.2. The fraction of sp³-hybridized carbons (Fsp3) is 0.100. The normalized spacial score (nSPS) is 11.4. The molecule has 0 spiro atoms. The molecule has 0 saturated heterocycles. The van der Waals surface area contributed by atoms with Crippen molar-refractivity contribution in [2.45, 2.75) is 13.2 Å². The molecule has 13 heteroatoms. The van der Waals surface area contributed by atoms with Crippen molar-refractivity contribution in [3.8, 4) is 17.1 Å². The van der Waals surface area contributed by atoms with Gasteiger partial charge in [0.05, 0.1) is 11.4 Å². The zero-order chi connectivity index (χ0) is 23.8. The molecule has 2 aromatic carbocycles. The van der Waals surface area contributed by atoms with E-state index in [-0.39, 0.29) is 21.8 Å². The molecule has 168 valence electrons. The van der Waals surface area contributed by atoms with Crippen LogP contribution < -0.4 is 11.1 Å². The summed E-state index contributed by atoms with van der Waals surface area (Å²) in [6.07, 6.45) is -4.76. The lowest BCUT2D eigenvalue weighted by atomic mass is 10.2. The monoisotopic (exact) mass is 455 g/mol. The molecule has 0 fully saturated rings. The van der Waals surface area contributed by atoms with Gasteiger partial charge in [0.1, 0.15) is 11.5 Å². The molecule has 4 aromatic rings. The van der Waals surface area contributed by atoms with Gasteiger partial charge in [-0.15, -0.1) is 23.0 Å². The Labute approximate surface area is 184 Å². The second kappa shape index (κ2) is 8.18. The van der Waals surface area contributed by atoms with Gasteiger partial charge in [-0.1, -0.05) is 12.1 Å². The third-order valence-corrected chi connectivity index (χ3v) is 4.58. The average molecular weight is 455 g/mol. The van der Waals surface area contributed by atoms with Gasteiger partial charge in [0.25, 0.3) is 5.91 Å². The lowest BCUT2D eigenvalue weighted by Gasteiger charge is -2.10. The molecule has 0 unspecified atom stereocenters. The number of nitrogens with zero attached hydrogens (tertiary/aromatic N) is 6. The number of amides is 1. The SMILES string of the molecule is Cc1cc(C(=O)Nc2ccc(-c3nnnn3C(F)(F)F)cc2)n(-c2cccc(C(=N)N)c2)n1. The Hall–Kier alpha value is -4.55. The fourth-order valence-electron chi connectivity index (χ4n) is 3.10. The summed E-state index contributed by atoms with van der Waals surface area (Å²) in [5.74, 6) is -1.08. The van der Waals surface area contributed by atoms with E-state index in [1.54, 1.807) is 37.3 Å². The number of amidine groups is 1. The maximum absolute atomic E-state index is 13.0. The van der Waals surface area contributed by atoms with Crippen molar-refractivity contribution in [1.82, 2.24) is 30.0 Å². The minimum absolute atomic E-state index is 0.122. The zero-order valence-corrected chi connectivity index (χ0v) is 17.0. The third-order valence-electron chi connectivity index (χ3n) is 4.58. The molecule has 0 saturated carbocycles. The van der Waals surface area contributed by atoms with Crippen LogP contribution in [0.2, 0.25) is 0 Å². The van der Waals surface area contributed by atoms with Crippen LogP contribution in [0.1, 0.15) is 21.7 Å². The lowest BCUT2D eigenvalue weighted by molar-refractivity contribution is -0.211. The predicted octanol–water partition coefficient (Wildman–Crippen LogP) is 2.85. The molecule has 2 aromatic heterocycles. The van der Waals surface area contributed by atoms with Crippen LogP contribution in [0, 0.1) is 12.3 Å². The first-order valence-electron chi connectivity index (χ1n) is 9.42. The lowest BCUT2D eigenvalue weighted by Crippen LogP contribution is -2.19. The highest BCUT2D eigenvalue weighted by Gasteiger charge is 2.36. The molecule has 33 heavy (non-hydrogen) atoms. The van der Waals surface area contributed by atoms with Gasteiger partial charge in [-0.3, -0.25) is 10.2 Å². The highest BCUT2D eigenvalue weighted by molar-refractivity contribution is 6.03. The Bertz CT molecular complexity index is 1340. The molecular weight excluding hydrogens is 439 g/mol. The van der Waals surface area contributed by atoms with Crippen molar-refractivity contribution in [2.75, 3.05) is 5.32 Å². The molecule has 4 rings (SSSR count). The number of carbonyl (C=O) groups excluding carboxylic acids is 1. The van der Waals surface area contributed by atoms with Crippen LogP contribution in [-0.2, 0) is 6.30 Å². The van der Waals surface area contributed by atoms with E-state index < -0.39 is 18.0 Å². The summed E-state index contributed by atoms with van der Waals surface area (Å²) in [5, 5.41) is 24.1. The highest BCUT2D eigenvalue weighted by atomic mass is 19.4. The van der Waals surface area contributed by atoms with Gasteiger partial charge in [0.2, 0.25) is 0 Å². The number of carbonyl (C=O) groups is 1. The second-order valence-electron chi connectivity index (χ2n) is 6.96. The summed E-state index contributed by atoms with van der Waals surface area (Å²) >= 11 is 0. The predicted molar refractivity (Wildman–Crippen MR) is 112 cm³/mol. The van der Waals surface area contributed by atoms with Crippen LogP contribution in [0.15, 0.2) is 54.6 Å². The minimum atomic E-state index is -4.76. The van der Waals surface area contributed by atoms with Gasteiger partial charge in [0, 0.05) is 16.8 Å². The molecule has 0 atom stereocenters. The van der Waals surface area contributed by atoms with Gasteiger partial charge in [0.15, 0.2) is 5.82 Å². The van der Waals surface area contributed by atoms with Crippen LogP contribution in [0.25, 0.3) is 17.1 Å². The number of nitrogens with one attached hydrogen (secondary N) is 2. The molecule has 0 aliphatic carbocycles. The molecule has 1 amide bonds. The van der Waals surface area contributed by atoms with E-state index in [0.717, 1.165) is 0 Å². The number of aryl methyl sites for hydroxylation is 1. The second-order valence-corrected chi connectivity index (χ2v) is 6.96. The van der Waals surface area contributed by atoms with Crippen molar-refractivity contribution in [3.63, 3.8) is 0 Å². The number of halogens is 3. The Morgan fingerprint density at radius 3 is 2.52 bits per heavy atom. The molecule has 0 aliphatic heterocycles. The number of benzene rings is 2. The molecule has 0 bridgehead atoms. The Morgan fingerprint density at radius 2 is 1.85 bits per heavy atom. The van der Waals surface area contributed by atoms with E-state index in [0.29, 0.717) is 22.6 Å². The van der Waals surface area contributed by atoms with Crippen molar-refractivity contribution in [3.05, 3.63) is 71.5 Å². The maximum atomic E-state index is 13.0. The van der Waals surface area contributed by atoms with Gasteiger partial charge in [-0.05, 0) is 59.8 Å². The number of hydrogen-bond donors (Lipinski definition) is 3. The summed E-state index contributed by atoms with van der Waals surface area (Å²) in [4.78, 5) is 12.9. The Balaban J connectivity index is 1.59. The first-order valence-corrected chi connectivity index (χ1v) is 9.42. The quantitative estimate of drug-likeness (QED) is 0.312. The standard InChI is InChI=1S/C20H16F3N9O/c1-11-9-16(31(28-11)15-4-2-3-13(10-15)17(24)25)19(33)26-14-7-5-12(6-8-14)18-27-29-30-32(18)20(21,22)23/h2-10H,1H3,(H3,24,25)(H,26,33). The van der Waals surface area contributed by atoms with Crippen LogP contribution in [0.4, 0.5) is 18.9 Å². The molecule has 2 heterocycles. The fourth-order valence-corrected chi connectivity index (χ4v) is 3.10. The Kier molecular flexibility index (Phi) is 5.37. The van der Waals surface area contributed by atoms with Crippen molar-refractivity contribution < 1.29 is 18.0 Å². The first kappa shape index (κ1) is 21.7. The summed E-state index contributed by atoms with van der Waals surface area (Å²) in [6.45, 7) is 1.72. The first-order chi connectivity index (χ1) is 15.6. The van der Waals surface area contributed by atoms with Crippen LogP contribution in [0.3, 0.4) is 0 Å². The van der Waals surface area contributed by atoms with E-state index in [4.69, 9.17) is 11.1 Å². The molecular formula is C20H16F3N9O. The number of nitrogens with two attached hydrogens (primary N) is 1. The van der Waals surface area contributed by atoms with Gasteiger partial charge in [-0.2, -0.15) is 5.10 Å². The molecule has 0 radical (unpaired) electrons. The van der Waals surface area contributed by atoms with Gasteiger partial charge < -0.3 is 11.1 Å². The average Bonchev–Trinajstić information content (AvgIpc) is 3.41. The molecule has 4 N–H and O–H groups in total. The third kappa shape index (κ3) is 4.42. The zero-order valence-electron chi connectivity index (χ0n) is 17.0. The number of hydrogen-bond acceptors (Lipinski definition) is 6. The minimum Gasteiger partial charge on any atom is -0.384 e. The number of aromatic nitrogens is 6. The van der Waals surface area contributed by atoms with Crippen LogP contribution in [0.5, 0.6) is 0 Å². The van der Waals surface area contributed by atoms with E-state index in [2.05, 4.69) is 25.9 Å². The van der Waals surface area contributed by atoms with Crippen molar-refractivity contribution >= 4 is 17.4 Å². The topological polar surface area (TPSA) is 140 Å². The molecule has 0 aliphatic rings. The molecule has 10 nitrogen and oxygen atoms in total. The summed E-state index contributed by atoms with van der Waals surface area (Å²) in [5.41, 5.74) is 7.83. The van der Waals surface area contributed by atoms with E-state index >= 15 is 0 Å². The largest absolute Gasteiger partial charge is 0.507 e. The van der Waals surface area contributed by atoms with E-state index in [1.165, 1.54) is 28.9 Å². The number of anilines is 1. The number of tetrazole rings is 1. The van der Waals surface area contributed by atoms with Crippen LogP contribution in [-0.4, -0.2) is 41.7 Å². The Morgan fingerprint density at radius 1 is 1.12 bits per heavy atom. The summed E-state index contributed by atoms with van der Waals surface area (Å²) in [7, 11) is 0. The number of rotatable bonds is 5. The highest BCUT2D eigenvalue weighted by Crippen LogP contribution is 2.27. The van der Waals surface area contributed by atoms with Gasteiger partial charge in [-0.25, -0.2) is 4.68 Å². The van der Waals surface area contributed by atoms with Gasteiger partial charge >= 0.3 is 6.30 Å². The van der Waals surface area contributed by atoms with Crippen LogP contribution >= 0.6 is 0 Å². The van der Waals surface area contributed by atoms with E-state index in [1.807, 2.05) is 0 Å². The maximum Gasteiger partial charge on any atom is 0.507 e. The van der Waals surface area contributed by atoms with Crippen molar-refractivity contribution in [1.29, 1.82) is 5.41 Å². The smallest absolute Gasteiger partial charge is 0.384 e.